The molecule has 0 radical (unpaired) electrons. The van der Waals surface area contributed by atoms with Crippen molar-refractivity contribution in [3.63, 3.8) is 0 Å². The van der Waals surface area contributed by atoms with Gasteiger partial charge in [-0.1, -0.05) is 40.2 Å². The lowest BCUT2D eigenvalue weighted by atomic mass is 10.1. The lowest BCUT2D eigenvalue weighted by Gasteiger charge is -2.24. The first-order chi connectivity index (χ1) is 13.0. The van der Waals surface area contributed by atoms with Gasteiger partial charge in [-0.25, -0.2) is 0 Å². The van der Waals surface area contributed by atoms with Crippen molar-refractivity contribution < 1.29 is 14.4 Å². The van der Waals surface area contributed by atoms with E-state index in [-0.39, 0.29) is 36.7 Å². The average Bonchev–Trinajstić information content (AvgIpc) is 3.47. The molecule has 0 unspecified atom stereocenters. The van der Waals surface area contributed by atoms with Gasteiger partial charge in [-0.15, -0.1) is 0 Å². The number of benzene rings is 2. The van der Waals surface area contributed by atoms with Crippen LogP contribution in [0.3, 0.4) is 0 Å². The van der Waals surface area contributed by atoms with Crippen LogP contribution in [0.4, 0.5) is 0 Å². The van der Waals surface area contributed by atoms with E-state index >= 15 is 0 Å². The van der Waals surface area contributed by atoms with Crippen molar-refractivity contribution in [3.05, 3.63) is 69.7 Å². The van der Waals surface area contributed by atoms with Crippen molar-refractivity contribution in [2.24, 2.45) is 0 Å². The van der Waals surface area contributed by atoms with Gasteiger partial charge in [0, 0.05) is 30.0 Å². The number of rotatable bonds is 6. The molecular weight excluding hydrogens is 408 g/mol. The fourth-order valence-electron chi connectivity index (χ4n) is 3.43. The second-order valence-corrected chi connectivity index (χ2v) is 7.86. The highest BCUT2D eigenvalue weighted by Gasteiger charge is 2.37. The maximum atomic E-state index is 12.8. The first-order valence-electron chi connectivity index (χ1n) is 9.04. The Labute approximate surface area is 166 Å². The van der Waals surface area contributed by atoms with E-state index in [2.05, 4.69) is 15.9 Å². The van der Waals surface area contributed by atoms with Crippen LogP contribution in [-0.4, -0.2) is 40.1 Å². The molecule has 6 heteroatoms. The van der Waals surface area contributed by atoms with Gasteiger partial charge in [0.05, 0.1) is 11.1 Å². The van der Waals surface area contributed by atoms with Gasteiger partial charge in [0.25, 0.3) is 11.8 Å². The number of hydrogen-bond acceptors (Lipinski definition) is 3. The second kappa shape index (κ2) is 7.27. The molecule has 0 aromatic heterocycles. The molecular formula is C21H19BrN2O3. The third kappa shape index (κ3) is 3.67. The van der Waals surface area contributed by atoms with Crippen LogP contribution in [0, 0.1) is 0 Å². The molecule has 138 valence electrons. The molecule has 3 amide bonds. The Morgan fingerprint density at radius 2 is 1.70 bits per heavy atom. The predicted molar refractivity (Wildman–Crippen MR) is 104 cm³/mol. The van der Waals surface area contributed by atoms with Crippen LogP contribution in [0.2, 0.25) is 0 Å². The van der Waals surface area contributed by atoms with Crippen LogP contribution >= 0.6 is 15.9 Å². The molecule has 1 aliphatic carbocycles. The third-order valence-corrected chi connectivity index (χ3v) is 5.47. The number of fused-ring (bicyclic) bond motifs is 1. The van der Waals surface area contributed by atoms with Crippen LogP contribution < -0.4 is 0 Å². The zero-order valence-corrected chi connectivity index (χ0v) is 16.3. The van der Waals surface area contributed by atoms with Gasteiger partial charge >= 0.3 is 0 Å². The Balaban J connectivity index is 1.42. The van der Waals surface area contributed by atoms with Crippen LogP contribution in [0.1, 0.15) is 45.5 Å². The normalized spacial score (nSPS) is 15.8. The van der Waals surface area contributed by atoms with Gasteiger partial charge in [-0.3, -0.25) is 19.3 Å². The molecule has 1 fully saturated rings. The fraction of sp³-hybridized carbons (Fsp3) is 0.286. The number of imide groups is 1. The van der Waals surface area contributed by atoms with Gasteiger partial charge in [0.2, 0.25) is 5.91 Å². The van der Waals surface area contributed by atoms with Crippen molar-refractivity contribution in [1.82, 2.24) is 9.80 Å². The molecule has 27 heavy (non-hydrogen) atoms. The first-order valence-corrected chi connectivity index (χ1v) is 9.83. The topological polar surface area (TPSA) is 57.7 Å². The molecule has 0 N–H and O–H groups in total. The minimum absolute atomic E-state index is 0.0194. The Bertz CT molecular complexity index is 888. The van der Waals surface area contributed by atoms with E-state index in [0.717, 1.165) is 22.9 Å². The standard InChI is InChI=1S/C21H19BrN2O3/c22-15-5-3-4-14(12-15)13-24(16-8-9-16)19(25)10-11-23-20(26)17-6-1-2-7-18(17)21(23)27/h1-7,12,16H,8-11,13H2. The highest BCUT2D eigenvalue weighted by molar-refractivity contribution is 9.10. The van der Waals surface area contributed by atoms with Gasteiger partial charge in [-0.2, -0.15) is 0 Å². The van der Waals surface area contributed by atoms with E-state index in [4.69, 9.17) is 0 Å². The van der Waals surface area contributed by atoms with E-state index in [1.165, 1.54) is 4.90 Å². The summed E-state index contributed by atoms with van der Waals surface area (Å²) in [5.74, 6) is -0.643. The molecule has 0 spiro atoms. The maximum absolute atomic E-state index is 12.8. The molecule has 0 atom stereocenters. The first kappa shape index (κ1) is 17.9. The number of carbonyl (C=O) groups excluding carboxylic acids is 3. The van der Waals surface area contributed by atoms with Crippen molar-refractivity contribution in [1.29, 1.82) is 0 Å². The maximum Gasteiger partial charge on any atom is 0.261 e. The number of halogens is 1. The third-order valence-electron chi connectivity index (χ3n) is 4.98. The SMILES string of the molecule is O=C1c2ccccc2C(=O)N1CCC(=O)N(Cc1cccc(Br)c1)C1CC1. The summed E-state index contributed by atoms with van der Waals surface area (Å²) in [4.78, 5) is 40.8. The van der Waals surface area contributed by atoms with E-state index < -0.39 is 0 Å². The zero-order chi connectivity index (χ0) is 19.0. The van der Waals surface area contributed by atoms with Gasteiger partial charge in [0.15, 0.2) is 0 Å². The molecule has 1 heterocycles. The molecule has 1 aliphatic heterocycles. The summed E-state index contributed by atoms with van der Waals surface area (Å²) >= 11 is 3.46. The average molecular weight is 427 g/mol. The van der Waals surface area contributed by atoms with Gasteiger partial charge in [-0.05, 0) is 42.7 Å². The predicted octanol–water partition coefficient (Wildman–Crippen LogP) is 3.63. The highest BCUT2D eigenvalue weighted by Crippen LogP contribution is 2.30. The Hall–Kier alpha value is -2.47. The zero-order valence-electron chi connectivity index (χ0n) is 14.7. The highest BCUT2D eigenvalue weighted by atomic mass is 79.9. The molecule has 1 saturated carbocycles. The summed E-state index contributed by atoms with van der Waals surface area (Å²) < 4.78 is 0.981. The Morgan fingerprint density at radius 3 is 2.30 bits per heavy atom. The van der Waals surface area contributed by atoms with E-state index in [1.54, 1.807) is 24.3 Å². The van der Waals surface area contributed by atoms with Crippen molar-refractivity contribution >= 4 is 33.7 Å². The van der Waals surface area contributed by atoms with Crippen molar-refractivity contribution in [3.8, 4) is 0 Å². The summed E-state index contributed by atoms with van der Waals surface area (Å²) in [5, 5.41) is 0. The van der Waals surface area contributed by atoms with Gasteiger partial charge in [0.1, 0.15) is 0 Å². The molecule has 4 rings (SSSR count). The lowest BCUT2D eigenvalue weighted by molar-refractivity contribution is -0.132. The summed E-state index contributed by atoms with van der Waals surface area (Å²) in [6.07, 6.45) is 2.16. The molecule has 2 aromatic carbocycles. The minimum atomic E-state index is -0.312. The summed E-state index contributed by atoms with van der Waals surface area (Å²) in [5.41, 5.74) is 1.90. The molecule has 0 saturated heterocycles. The quantitative estimate of drug-likeness (QED) is 0.662. The number of amides is 3. The van der Waals surface area contributed by atoms with E-state index in [1.807, 2.05) is 29.2 Å². The van der Waals surface area contributed by atoms with Crippen molar-refractivity contribution in [2.45, 2.75) is 31.8 Å². The molecule has 0 bridgehead atoms. The van der Waals surface area contributed by atoms with Crippen LogP contribution in [0.15, 0.2) is 53.0 Å². The van der Waals surface area contributed by atoms with Crippen LogP contribution in [-0.2, 0) is 11.3 Å². The number of nitrogens with zero attached hydrogens (tertiary/aromatic N) is 2. The van der Waals surface area contributed by atoms with E-state index in [9.17, 15) is 14.4 Å². The largest absolute Gasteiger partial charge is 0.335 e. The second-order valence-electron chi connectivity index (χ2n) is 6.94. The number of hydrogen-bond donors (Lipinski definition) is 0. The summed E-state index contributed by atoms with van der Waals surface area (Å²) in [6, 6.07) is 15.0. The Kier molecular flexibility index (Phi) is 4.83. The lowest BCUT2D eigenvalue weighted by Crippen LogP contribution is -2.37. The van der Waals surface area contributed by atoms with Crippen molar-refractivity contribution in [2.75, 3.05) is 6.54 Å². The van der Waals surface area contributed by atoms with Crippen LogP contribution in [0.5, 0.6) is 0 Å². The molecule has 2 aliphatic rings. The number of carbonyl (C=O) groups is 3. The minimum Gasteiger partial charge on any atom is -0.335 e. The molecule has 2 aromatic rings. The summed E-state index contributed by atoms with van der Waals surface area (Å²) in [7, 11) is 0. The Morgan fingerprint density at radius 1 is 1.04 bits per heavy atom. The van der Waals surface area contributed by atoms with Crippen LogP contribution in [0.25, 0.3) is 0 Å². The molecule has 5 nitrogen and oxygen atoms in total. The van der Waals surface area contributed by atoms with Gasteiger partial charge < -0.3 is 4.90 Å². The summed E-state index contributed by atoms with van der Waals surface area (Å²) in [6.45, 7) is 0.665. The smallest absolute Gasteiger partial charge is 0.261 e. The monoisotopic (exact) mass is 426 g/mol. The fourth-order valence-corrected chi connectivity index (χ4v) is 3.88. The van der Waals surface area contributed by atoms with E-state index in [0.29, 0.717) is 17.7 Å².